The summed E-state index contributed by atoms with van der Waals surface area (Å²) in [6.07, 6.45) is 1.78. The molecule has 0 spiro atoms. The van der Waals surface area contributed by atoms with Gasteiger partial charge in [-0.3, -0.25) is 0 Å². The van der Waals surface area contributed by atoms with E-state index in [0.717, 1.165) is 12.4 Å². The van der Waals surface area contributed by atoms with Gasteiger partial charge in [0, 0.05) is 0 Å². The van der Waals surface area contributed by atoms with Crippen molar-refractivity contribution in [1.82, 2.24) is 20.1 Å². The Hall–Kier alpha value is -1.68. The average Bonchev–Trinajstić information content (AvgIpc) is 2.77. The molecule has 0 radical (unpaired) electrons. The lowest BCUT2D eigenvalue weighted by atomic mass is 9.87. The molecule has 19 heavy (non-hydrogen) atoms. The van der Waals surface area contributed by atoms with Crippen molar-refractivity contribution < 1.29 is 0 Å². The third kappa shape index (κ3) is 3.64. The average molecular weight is 258 g/mol. The Balaban J connectivity index is 2.06. The van der Waals surface area contributed by atoms with Crippen LogP contribution in [-0.4, -0.2) is 21.8 Å². The summed E-state index contributed by atoms with van der Waals surface area (Å²) >= 11 is 0. The van der Waals surface area contributed by atoms with Crippen molar-refractivity contribution in [3.8, 4) is 0 Å². The van der Waals surface area contributed by atoms with E-state index in [0.29, 0.717) is 6.54 Å². The lowest BCUT2D eigenvalue weighted by Gasteiger charge is -2.19. The number of hydrogen-bond acceptors (Lipinski definition) is 3. The van der Waals surface area contributed by atoms with E-state index in [1.807, 2.05) is 11.7 Å². The molecule has 1 N–H and O–H groups in total. The monoisotopic (exact) mass is 258 g/mol. The van der Waals surface area contributed by atoms with Crippen molar-refractivity contribution in [3.05, 3.63) is 47.5 Å². The molecule has 0 aliphatic heterocycles. The quantitative estimate of drug-likeness (QED) is 0.915. The van der Waals surface area contributed by atoms with Gasteiger partial charge in [-0.25, -0.2) is 9.67 Å². The predicted octanol–water partition coefficient (Wildman–Crippen LogP) is 2.34. The SMILES string of the molecule is CNCc1ncn(Cc2ccc(C(C)(C)C)cc2)n1. The largest absolute Gasteiger partial charge is 0.313 e. The van der Waals surface area contributed by atoms with E-state index >= 15 is 0 Å². The van der Waals surface area contributed by atoms with E-state index in [9.17, 15) is 0 Å². The molecular formula is C15H22N4. The second-order valence-electron chi connectivity index (χ2n) is 5.84. The van der Waals surface area contributed by atoms with Crippen LogP contribution in [-0.2, 0) is 18.5 Å². The third-order valence-corrected chi connectivity index (χ3v) is 3.08. The Labute approximate surface area is 114 Å². The first kappa shape index (κ1) is 13.7. The fraction of sp³-hybridized carbons (Fsp3) is 0.467. The first-order chi connectivity index (χ1) is 8.99. The van der Waals surface area contributed by atoms with E-state index in [2.05, 4.69) is 60.4 Å². The molecule has 0 fully saturated rings. The standard InChI is InChI=1S/C15H22N4/c1-15(2,3)13-7-5-12(6-8-13)10-19-11-17-14(18-19)9-16-4/h5-8,11,16H,9-10H2,1-4H3. The molecule has 1 heterocycles. The van der Waals surface area contributed by atoms with Gasteiger partial charge >= 0.3 is 0 Å². The summed E-state index contributed by atoms with van der Waals surface area (Å²) < 4.78 is 1.87. The summed E-state index contributed by atoms with van der Waals surface area (Å²) in [6, 6.07) is 8.72. The summed E-state index contributed by atoms with van der Waals surface area (Å²) in [6.45, 7) is 8.15. The highest BCUT2D eigenvalue weighted by Crippen LogP contribution is 2.22. The molecule has 1 aromatic carbocycles. The van der Waals surface area contributed by atoms with E-state index in [1.54, 1.807) is 6.33 Å². The maximum atomic E-state index is 4.41. The number of nitrogens with zero attached hydrogens (tertiary/aromatic N) is 3. The van der Waals surface area contributed by atoms with Crippen LogP contribution in [0.2, 0.25) is 0 Å². The van der Waals surface area contributed by atoms with Gasteiger partial charge in [-0.1, -0.05) is 45.0 Å². The third-order valence-electron chi connectivity index (χ3n) is 3.08. The molecule has 0 aliphatic rings. The van der Waals surface area contributed by atoms with E-state index in [4.69, 9.17) is 0 Å². The molecule has 0 saturated heterocycles. The molecule has 4 heteroatoms. The zero-order valence-corrected chi connectivity index (χ0v) is 12.1. The number of nitrogens with one attached hydrogen (secondary N) is 1. The summed E-state index contributed by atoms with van der Waals surface area (Å²) in [5, 5.41) is 7.46. The van der Waals surface area contributed by atoms with Gasteiger partial charge in [0.2, 0.25) is 0 Å². The van der Waals surface area contributed by atoms with Gasteiger partial charge in [0.15, 0.2) is 5.82 Å². The van der Waals surface area contributed by atoms with Crippen LogP contribution in [0.15, 0.2) is 30.6 Å². The minimum absolute atomic E-state index is 0.200. The molecule has 1 aromatic heterocycles. The van der Waals surface area contributed by atoms with Gasteiger partial charge in [0.1, 0.15) is 6.33 Å². The highest BCUT2D eigenvalue weighted by molar-refractivity contribution is 5.27. The minimum atomic E-state index is 0.200. The van der Waals surface area contributed by atoms with Crippen LogP contribution in [0.5, 0.6) is 0 Å². The van der Waals surface area contributed by atoms with Gasteiger partial charge in [0.25, 0.3) is 0 Å². The molecule has 0 amide bonds. The first-order valence-corrected chi connectivity index (χ1v) is 6.61. The van der Waals surface area contributed by atoms with Crippen molar-refractivity contribution in [3.63, 3.8) is 0 Å². The Bertz CT molecular complexity index is 520. The summed E-state index contributed by atoms with van der Waals surface area (Å²) in [7, 11) is 1.89. The molecule has 0 saturated carbocycles. The van der Waals surface area contributed by atoms with E-state index < -0.39 is 0 Å². The fourth-order valence-corrected chi connectivity index (χ4v) is 1.95. The van der Waals surface area contributed by atoms with Gasteiger partial charge in [-0.05, 0) is 23.6 Å². The summed E-state index contributed by atoms with van der Waals surface area (Å²) in [4.78, 5) is 4.25. The molecule has 2 rings (SSSR count). The maximum Gasteiger partial charge on any atom is 0.164 e. The lowest BCUT2D eigenvalue weighted by Crippen LogP contribution is -2.11. The van der Waals surface area contributed by atoms with Crippen LogP contribution in [0, 0.1) is 0 Å². The van der Waals surface area contributed by atoms with Gasteiger partial charge in [0.05, 0.1) is 13.1 Å². The maximum absolute atomic E-state index is 4.41. The molecule has 0 atom stereocenters. The lowest BCUT2D eigenvalue weighted by molar-refractivity contribution is 0.589. The van der Waals surface area contributed by atoms with Gasteiger partial charge in [-0.15, -0.1) is 0 Å². The van der Waals surface area contributed by atoms with Crippen LogP contribution in [0.25, 0.3) is 0 Å². The van der Waals surface area contributed by atoms with Crippen LogP contribution >= 0.6 is 0 Å². The van der Waals surface area contributed by atoms with Crippen molar-refractivity contribution in [2.45, 2.75) is 39.3 Å². The fourth-order valence-electron chi connectivity index (χ4n) is 1.95. The Kier molecular flexibility index (Phi) is 4.00. The normalized spacial score (nSPS) is 11.8. The van der Waals surface area contributed by atoms with Crippen LogP contribution < -0.4 is 5.32 Å². The Morgan fingerprint density at radius 3 is 2.42 bits per heavy atom. The zero-order valence-electron chi connectivity index (χ0n) is 12.1. The second kappa shape index (κ2) is 5.53. The number of aromatic nitrogens is 3. The minimum Gasteiger partial charge on any atom is -0.313 e. The molecule has 102 valence electrons. The molecule has 0 unspecified atom stereocenters. The molecule has 0 aliphatic carbocycles. The summed E-state index contributed by atoms with van der Waals surface area (Å²) in [5.41, 5.74) is 2.80. The number of rotatable bonds is 4. The van der Waals surface area contributed by atoms with Crippen molar-refractivity contribution in [2.24, 2.45) is 0 Å². The van der Waals surface area contributed by atoms with Crippen molar-refractivity contribution in [1.29, 1.82) is 0 Å². The molecule has 4 nitrogen and oxygen atoms in total. The van der Waals surface area contributed by atoms with E-state index in [1.165, 1.54) is 11.1 Å². The first-order valence-electron chi connectivity index (χ1n) is 6.61. The Morgan fingerprint density at radius 2 is 1.84 bits per heavy atom. The van der Waals surface area contributed by atoms with Crippen LogP contribution in [0.4, 0.5) is 0 Å². The number of benzene rings is 1. The highest BCUT2D eigenvalue weighted by Gasteiger charge is 2.12. The van der Waals surface area contributed by atoms with Crippen molar-refractivity contribution >= 4 is 0 Å². The topological polar surface area (TPSA) is 42.7 Å². The number of hydrogen-bond donors (Lipinski definition) is 1. The summed E-state index contributed by atoms with van der Waals surface area (Å²) in [5.74, 6) is 0.828. The Morgan fingerprint density at radius 1 is 1.16 bits per heavy atom. The smallest absolute Gasteiger partial charge is 0.164 e. The van der Waals surface area contributed by atoms with Crippen molar-refractivity contribution in [2.75, 3.05) is 7.05 Å². The molecular weight excluding hydrogens is 236 g/mol. The van der Waals surface area contributed by atoms with Crippen LogP contribution in [0.1, 0.15) is 37.7 Å². The van der Waals surface area contributed by atoms with Gasteiger partial charge < -0.3 is 5.32 Å². The highest BCUT2D eigenvalue weighted by atomic mass is 15.3. The van der Waals surface area contributed by atoms with Gasteiger partial charge in [-0.2, -0.15) is 5.10 Å². The molecule has 0 bridgehead atoms. The van der Waals surface area contributed by atoms with Crippen LogP contribution in [0.3, 0.4) is 0 Å². The second-order valence-corrected chi connectivity index (χ2v) is 5.84. The zero-order chi connectivity index (χ0) is 13.9. The molecule has 2 aromatic rings. The van der Waals surface area contributed by atoms with E-state index in [-0.39, 0.29) is 5.41 Å². The predicted molar refractivity (Wildman–Crippen MR) is 77.0 cm³/mol.